The van der Waals surface area contributed by atoms with Crippen molar-refractivity contribution in [2.75, 3.05) is 13.6 Å². The molecule has 0 atom stereocenters. The molecule has 2 aromatic rings. The van der Waals surface area contributed by atoms with Crippen molar-refractivity contribution in [3.05, 3.63) is 27.1 Å². The highest BCUT2D eigenvalue weighted by molar-refractivity contribution is 7.20. The number of nitrogens with one attached hydrogen (secondary N) is 1. The number of rotatable bonds is 6. The lowest BCUT2D eigenvalue weighted by molar-refractivity contribution is -0.121. The Morgan fingerprint density at radius 2 is 2.04 bits per heavy atom. The molecule has 0 unspecified atom stereocenters. The van der Waals surface area contributed by atoms with Gasteiger partial charge in [0.05, 0.1) is 16.6 Å². The van der Waals surface area contributed by atoms with Crippen molar-refractivity contribution in [1.82, 2.24) is 19.8 Å². The second-order valence-corrected chi connectivity index (χ2v) is 8.47. The van der Waals surface area contributed by atoms with Crippen LogP contribution in [0.5, 0.6) is 0 Å². The predicted octanol–water partition coefficient (Wildman–Crippen LogP) is 2.70. The molecule has 0 aromatic carbocycles. The van der Waals surface area contributed by atoms with Crippen molar-refractivity contribution >= 4 is 33.4 Å². The first-order chi connectivity index (χ1) is 13.4. The third kappa shape index (κ3) is 4.11. The monoisotopic (exact) mass is 404 g/mol. The average molecular weight is 405 g/mol. The van der Waals surface area contributed by atoms with Crippen molar-refractivity contribution in [3.63, 3.8) is 0 Å². The van der Waals surface area contributed by atoms with E-state index in [1.165, 1.54) is 28.7 Å². The molecule has 2 amide bonds. The summed E-state index contributed by atoms with van der Waals surface area (Å²) in [6, 6.07) is 0.262. The Bertz CT molecular complexity index is 927. The lowest BCUT2D eigenvalue weighted by atomic mass is 9.94. The highest BCUT2D eigenvalue weighted by atomic mass is 32.1. The van der Waals surface area contributed by atoms with E-state index in [9.17, 15) is 14.4 Å². The zero-order valence-corrected chi connectivity index (χ0v) is 17.6. The molecule has 28 heavy (non-hydrogen) atoms. The fraction of sp³-hybridized carbons (Fsp3) is 0.600. The number of hydrogen-bond acceptors (Lipinski definition) is 5. The molecular weight excluding hydrogens is 376 g/mol. The minimum Gasteiger partial charge on any atom is -0.355 e. The summed E-state index contributed by atoms with van der Waals surface area (Å²) in [6.45, 7) is 4.28. The van der Waals surface area contributed by atoms with Crippen LogP contribution in [-0.4, -0.2) is 45.9 Å². The Morgan fingerprint density at radius 3 is 2.71 bits per heavy atom. The Kier molecular flexibility index (Phi) is 6.49. The van der Waals surface area contributed by atoms with Gasteiger partial charge in [0.1, 0.15) is 11.4 Å². The van der Waals surface area contributed by atoms with E-state index in [0.717, 1.165) is 32.1 Å². The lowest BCUT2D eigenvalue weighted by Gasteiger charge is -2.31. The molecule has 8 heteroatoms. The van der Waals surface area contributed by atoms with Crippen molar-refractivity contribution < 1.29 is 9.59 Å². The molecule has 3 rings (SSSR count). The number of aryl methyl sites for hydroxylation is 1. The fourth-order valence-electron chi connectivity index (χ4n) is 3.75. The first kappa shape index (κ1) is 20.5. The van der Waals surface area contributed by atoms with Crippen LogP contribution < -0.4 is 10.9 Å². The van der Waals surface area contributed by atoms with Gasteiger partial charge in [-0.3, -0.25) is 19.0 Å². The number of thiophene rings is 1. The standard InChI is InChI=1S/C20H28N4O3S/c1-4-10-21-15(25)11-24-12-22-18-16(19(24)26)13(2)17(28-18)20(27)23(3)14-8-6-5-7-9-14/h12,14H,4-11H2,1-3H3,(H,21,25). The van der Waals surface area contributed by atoms with E-state index in [1.807, 2.05) is 18.9 Å². The molecule has 152 valence electrons. The molecule has 1 aliphatic carbocycles. The molecule has 1 N–H and O–H groups in total. The van der Waals surface area contributed by atoms with Crippen LogP contribution in [0.4, 0.5) is 0 Å². The van der Waals surface area contributed by atoms with Gasteiger partial charge < -0.3 is 10.2 Å². The number of aromatic nitrogens is 2. The van der Waals surface area contributed by atoms with Crippen LogP contribution in [0.2, 0.25) is 0 Å². The van der Waals surface area contributed by atoms with Gasteiger partial charge in [-0.05, 0) is 31.7 Å². The summed E-state index contributed by atoms with van der Waals surface area (Å²) < 4.78 is 1.31. The molecular formula is C20H28N4O3S. The largest absolute Gasteiger partial charge is 0.355 e. The third-order valence-corrected chi connectivity index (χ3v) is 6.63. The molecule has 1 saturated carbocycles. The SMILES string of the molecule is CCCNC(=O)Cn1cnc2sc(C(=O)N(C)C3CCCCC3)c(C)c2c1=O. The van der Waals surface area contributed by atoms with Crippen LogP contribution in [0, 0.1) is 6.92 Å². The van der Waals surface area contributed by atoms with Crippen LogP contribution in [0.25, 0.3) is 10.2 Å². The van der Waals surface area contributed by atoms with Gasteiger partial charge in [-0.2, -0.15) is 0 Å². The van der Waals surface area contributed by atoms with Crippen LogP contribution in [-0.2, 0) is 11.3 Å². The van der Waals surface area contributed by atoms with Crippen LogP contribution in [0.15, 0.2) is 11.1 Å². The van der Waals surface area contributed by atoms with Gasteiger partial charge >= 0.3 is 0 Å². The van der Waals surface area contributed by atoms with Crippen molar-refractivity contribution in [1.29, 1.82) is 0 Å². The second kappa shape index (κ2) is 8.86. The zero-order valence-electron chi connectivity index (χ0n) is 16.8. The quantitative estimate of drug-likeness (QED) is 0.802. The first-order valence-corrected chi connectivity index (χ1v) is 10.8. The summed E-state index contributed by atoms with van der Waals surface area (Å²) in [5, 5.41) is 3.20. The van der Waals surface area contributed by atoms with Crippen LogP contribution in [0.3, 0.4) is 0 Å². The molecule has 7 nitrogen and oxygen atoms in total. The summed E-state index contributed by atoms with van der Waals surface area (Å²) in [4.78, 5) is 45.2. The minimum absolute atomic E-state index is 0.0426. The molecule has 0 spiro atoms. The highest BCUT2D eigenvalue weighted by Gasteiger charge is 2.27. The highest BCUT2D eigenvalue weighted by Crippen LogP contribution is 2.30. The molecule has 1 aliphatic rings. The average Bonchev–Trinajstić information content (AvgIpc) is 3.05. The number of amides is 2. The van der Waals surface area contributed by atoms with E-state index in [-0.39, 0.29) is 30.0 Å². The minimum atomic E-state index is -0.273. The normalized spacial score (nSPS) is 15.0. The van der Waals surface area contributed by atoms with Gasteiger partial charge in [-0.15, -0.1) is 11.3 Å². The summed E-state index contributed by atoms with van der Waals surface area (Å²) in [5.74, 6) is -0.259. The van der Waals surface area contributed by atoms with Crippen LogP contribution >= 0.6 is 11.3 Å². The molecule has 0 radical (unpaired) electrons. The van der Waals surface area contributed by atoms with Gasteiger partial charge in [0.15, 0.2) is 0 Å². The molecule has 0 saturated heterocycles. The van der Waals surface area contributed by atoms with Gasteiger partial charge in [0.25, 0.3) is 11.5 Å². The molecule has 2 heterocycles. The maximum absolute atomic E-state index is 13.1. The fourth-order valence-corrected chi connectivity index (χ4v) is 4.87. The Hall–Kier alpha value is -2.22. The molecule has 1 fully saturated rings. The van der Waals surface area contributed by atoms with E-state index in [1.54, 1.807) is 6.92 Å². The molecule has 2 aromatic heterocycles. The van der Waals surface area contributed by atoms with Gasteiger partial charge in [0.2, 0.25) is 5.91 Å². The Balaban J connectivity index is 1.88. The summed E-state index contributed by atoms with van der Waals surface area (Å²) in [5.41, 5.74) is 0.387. The van der Waals surface area contributed by atoms with Gasteiger partial charge in [-0.25, -0.2) is 4.98 Å². The van der Waals surface area contributed by atoms with Gasteiger partial charge in [0, 0.05) is 19.6 Å². The van der Waals surface area contributed by atoms with Crippen molar-refractivity contribution in [3.8, 4) is 0 Å². The van der Waals surface area contributed by atoms with E-state index in [4.69, 9.17) is 0 Å². The number of nitrogens with zero attached hydrogens (tertiary/aromatic N) is 3. The van der Waals surface area contributed by atoms with E-state index in [2.05, 4.69) is 10.3 Å². The number of carbonyl (C=O) groups excluding carboxylic acids is 2. The topological polar surface area (TPSA) is 84.3 Å². The smallest absolute Gasteiger partial charge is 0.264 e. The summed E-state index contributed by atoms with van der Waals surface area (Å²) in [7, 11) is 1.85. The Labute approximate surface area is 168 Å². The van der Waals surface area contributed by atoms with Gasteiger partial charge in [-0.1, -0.05) is 26.2 Å². The Morgan fingerprint density at radius 1 is 1.32 bits per heavy atom. The summed E-state index contributed by atoms with van der Waals surface area (Å²) >= 11 is 1.26. The van der Waals surface area contributed by atoms with Crippen molar-refractivity contribution in [2.24, 2.45) is 0 Å². The number of hydrogen-bond donors (Lipinski definition) is 1. The maximum Gasteiger partial charge on any atom is 0.264 e. The van der Waals surface area contributed by atoms with E-state index < -0.39 is 0 Å². The van der Waals surface area contributed by atoms with E-state index in [0.29, 0.717) is 27.2 Å². The molecule has 0 bridgehead atoms. The van der Waals surface area contributed by atoms with Crippen molar-refractivity contribution in [2.45, 2.75) is 65.0 Å². The predicted molar refractivity (Wildman–Crippen MR) is 111 cm³/mol. The number of carbonyl (C=O) groups is 2. The number of fused-ring (bicyclic) bond motifs is 1. The van der Waals surface area contributed by atoms with Crippen LogP contribution in [0.1, 0.15) is 60.7 Å². The zero-order chi connectivity index (χ0) is 20.3. The lowest BCUT2D eigenvalue weighted by Crippen LogP contribution is -2.38. The second-order valence-electron chi connectivity index (χ2n) is 7.47. The first-order valence-electron chi connectivity index (χ1n) is 9.96. The molecule has 0 aliphatic heterocycles. The summed E-state index contributed by atoms with van der Waals surface area (Å²) in [6.07, 6.45) is 7.83. The maximum atomic E-state index is 13.1. The third-order valence-electron chi connectivity index (χ3n) is 5.44. The van der Waals surface area contributed by atoms with E-state index >= 15 is 0 Å².